The molecule has 18 heavy (non-hydrogen) atoms. The fourth-order valence-corrected chi connectivity index (χ4v) is 2.62. The Morgan fingerprint density at radius 3 is 2.39 bits per heavy atom. The van der Waals surface area contributed by atoms with E-state index in [-0.39, 0.29) is 4.90 Å². The molecule has 0 fully saturated rings. The SMILES string of the molecule is Nc1ccc(S(=O)(=O)C=COS(=O)(=O)O)cc1Br. The third-order valence-electron chi connectivity index (χ3n) is 1.71. The Hall–Kier alpha value is -1.10. The third-order valence-corrected chi connectivity index (χ3v) is 4.13. The molecule has 1 aromatic rings. The lowest BCUT2D eigenvalue weighted by molar-refractivity contribution is 0.356. The van der Waals surface area contributed by atoms with Crippen molar-refractivity contribution >= 4 is 41.9 Å². The molecule has 0 aliphatic rings. The fourth-order valence-electron chi connectivity index (χ4n) is 0.929. The van der Waals surface area contributed by atoms with Crippen molar-refractivity contribution in [1.82, 2.24) is 0 Å². The van der Waals surface area contributed by atoms with Crippen LogP contribution in [0.25, 0.3) is 0 Å². The summed E-state index contributed by atoms with van der Waals surface area (Å²) >= 11 is 3.06. The summed E-state index contributed by atoms with van der Waals surface area (Å²) in [6, 6.07) is 3.87. The summed E-state index contributed by atoms with van der Waals surface area (Å²) in [5, 5.41) is 0.499. The van der Waals surface area contributed by atoms with Gasteiger partial charge in [0.2, 0.25) is 9.84 Å². The summed E-state index contributed by atoms with van der Waals surface area (Å²) in [6.07, 6.45) is 0.356. The van der Waals surface area contributed by atoms with E-state index in [1.165, 1.54) is 18.2 Å². The molecule has 10 heteroatoms. The van der Waals surface area contributed by atoms with E-state index in [2.05, 4.69) is 20.1 Å². The smallest absolute Gasteiger partial charge is 0.398 e. The van der Waals surface area contributed by atoms with E-state index in [4.69, 9.17) is 10.3 Å². The van der Waals surface area contributed by atoms with E-state index < -0.39 is 20.2 Å². The van der Waals surface area contributed by atoms with Gasteiger partial charge in [0.1, 0.15) is 6.26 Å². The van der Waals surface area contributed by atoms with Gasteiger partial charge in [-0.2, -0.15) is 8.42 Å². The molecule has 7 nitrogen and oxygen atoms in total. The number of sulfone groups is 1. The molecule has 100 valence electrons. The van der Waals surface area contributed by atoms with Gasteiger partial charge in [-0.05, 0) is 34.1 Å². The van der Waals surface area contributed by atoms with Crippen LogP contribution in [-0.4, -0.2) is 21.4 Å². The van der Waals surface area contributed by atoms with E-state index >= 15 is 0 Å². The maximum Gasteiger partial charge on any atom is 0.445 e. The van der Waals surface area contributed by atoms with Gasteiger partial charge in [-0.3, -0.25) is 4.55 Å². The number of hydrogen-bond donors (Lipinski definition) is 2. The van der Waals surface area contributed by atoms with Crippen LogP contribution >= 0.6 is 15.9 Å². The predicted molar refractivity (Wildman–Crippen MR) is 67.5 cm³/mol. The van der Waals surface area contributed by atoms with Gasteiger partial charge in [-0.15, -0.1) is 0 Å². The van der Waals surface area contributed by atoms with Gasteiger partial charge in [0, 0.05) is 10.2 Å². The molecule has 0 heterocycles. The molecule has 3 N–H and O–H groups in total. The van der Waals surface area contributed by atoms with Crippen LogP contribution in [-0.2, 0) is 24.4 Å². The van der Waals surface area contributed by atoms with E-state index in [9.17, 15) is 16.8 Å². The first-order valence-electron chi connectivity index (χ1n) is 4.24. The first-order valence-corrected chi connectivity index (χ1v) is 7.94. The van der Waals surface area contributed by atoms with Crippen LogP contribution in [0.2, 0.25) is 0 Å². The second kappa shape index (κ2) is 5.26. The van der Waals surface area contributed by atoms with E-state index in [0.717, 1.165) is 0 Å². The Bertz CT molecular complexity index is 680. The minimum atomic E-state index is -4.72. The summed E-state index contributed by atoms with van der Waals surface area (Å²) in [7, 11) is -8.61. The molecular weight excluding hydrogens is 350 g/mol. The highest BCUT2D eigenvalue weighted by Crippen LogP contribution is 2.24. The van der Waals surface area contributed by atoms with Gasteiger partial charge >= 0.3 is 10.4 Å². The zero-order chi connectivity index (χ0) is 14.0. The molecule has 0 saturated heterocycles. The minimum Gasteiger partial charge on any atom is -0.398 e. The molecule has 0 amide bonds. The van der Waals surface area contributed by atoms with Crippen LogP contribution in [0.15, 0.2) is 39.2 Å². The number of nitrogens with two attached hydrogens (primary N) is 1. The van der Waals surface area contributed by atoms with Crippen LogP contribution in [0, 0.1) is 0 Å². The summed E-state index contributed by atoms with van der Waals surface area (Å²) in [4.78, 5) is -0.112. The molecule has 0 bridgehead atoms. The monoisotopic (exact) mass is 357 g/mol. The van der Waals surface area contributed by atoms with Crippen molar-refractivity contribution < 1.29 is 25.6 Å². The van der Waals surface area contributed by atoms with Crippen molar-refractivity contribution in [1.29, 1.82) is 0 Å². The lowest BCUT2D eigenvalue weighted by atomic mass is 10.3. The second-order valence-electron chi connectivity index (χ2n) is 3.02. The minimum absolute atomic E-state index is 0.112. The van der Waals surface area contributed by atoms with Gasteiger partial charge in [0.05, 0.1) is 10.3 Å². The first-order chi connectivity index (χ1) is 8.12. The van der Waals surface area contributed by atoms with Crippen LogP contribution in [0.5, 0.6) is 0 Å². The summed E-state index contributed by atoms with van der Waals surface area (Å²) in [6.45, 7) is 0. The number of nitrogen functional groups attached to an aromatic ring is 1. The normalized spacial score (nSPS) is 12.8. The van der Waals surface area contributed by atoms with Crippen molar-refractivity contribution in [3.05, 3.63) is 34.3 Å². The number of halogens is 1. The van der Waals surface area contributed by atoms with Gasteiger partial charge in [0.25, 0.3) is 0 Å². The van der Waals surface area contributed by atoms with Gasteiger partial charge < -0.3 is 9.92 Å². The number of anilines is 1. The predicted octanol–water partition coefficient (Wildman–Crippen LogP) is 1.10. The Balaban J connectivity index is 3.04. The van der Waals surface area contributed by atoms with Gasteiger partial charge in [-0.25, -0.2) is 8.42 Å². The molecule has 0 aromatic heterocycles. The van der Waals surface area contributed by atoms with Crippen molar-refractivity contribution in [2.75, 3.05) is 5.73 Å². The standard InChI is InChI=1S/C8H8BrNO6S2/c9-7-5-6(1-2-8(7)10)17(11,12)4-3-16-18(13,14)15/h1-5H,10H2,(H,13,14,15). The first kappa shape index (κ1) is 15.0. The highest BCUT2D eigenvalue weighted by atomic mass is 79.9. The quantitative estimate of drug-likeness (QED) is 0.469. The number of hydrogen-bond acceptors (Lipinski definition) is 6. The Kier molecular flexibility index (Phi) is 4.37. The Labute approximate surface area is 112 Å². The number of benzene rings is 1. The molecule has 0 radical (unpaired) electrons. The van der Waals surface area contributed by atoms with Crippen LogP contribution in [0.3, 0.4) is 0 Å². The number of rotatable bonds is 4. The Morgan fingerprint density at radius 1 is 1.28 bits per heavy atom. The summed E-state index contributed by atoms with van der Waals surface area (Å²) in [5.41, 5.74) is 5.85. The van der Waals surface area contributed by atoms with Crippen molar-refractivity contribution in [2.24, 2.45) is 0 Å². The largest absolute Gasteiger partial charge is 0.445 e. The van der Waals surface area contributed by atoms with Crippen LogP contribution in [0.4, 0.5) is 5.69 Å². The molecule has 1 aromatic carbocycles. The van der Waals surface area contributed by atoms with Crippen molar-refractivity contribution in [3.63, 3.8) is 0 Å². The summed E-state index contributed by atoms with van der Waals surface area (Å²) in [5.74, 6) is 0. The zero-order valence-corrected chi connectivity index (χ0v) is 11.9. The Morgan fingerprint density at radius 2 is 1.89 bits per heavy atom. The molecule has 1 rings (SSSR count). The lowest BCUT2D eigenvalue weighted by Crippen LogP contribution is -2.01. The van der Waals surface area contributed by atoms with Gasteiger partial charge in [-0.1, -0.05) is 0 Å². The third kappa shape index (κ3) is 4.29. The maximum atomic E-state index is 11.7. The van der Waals surface area contributed by atoms with Crippen molar-refractivity contribution in [3.8, 4) is 0 Å². The molecule has 0 saturated carbocycles. The molecule has 0 atom stereocenters. The maximum absolute atomic E-state index is 11.7. The molecular formula is C8H8BrNO6S2. The highest BCUT2D eigenvalue weighted by Gasteiger charge is 2.12. The highest BCUT2D eigenvalue weighted by molar-refractivity contribution is 9.10. The molecule has 0 spiro atoms. The van der Waals surface area contributed by atoms with Crippen molar-refractivity contribution in [2.45, 2.75) is 4.90 Å². The average Bonchev–Trinajstić information content (AvgIpc) is 2.19. The topological polar surface area (TPSA) is 124 Å². The van der Waals surface area contributed by atoms with E-state index in [1.807, 2.05) is 0 Å². The van der Waals surface area contributed by atoms with E-state index in [0.29, 0.717) is 21.8 Å². The summed E-state index contributed by atoms with van der Waals surface area (Å²) < 4.78 is 56.2. The lowest BCUT2D eigenvalue weighted by Gasteiger charge is -2.02. The molecule has 0 unspecified atom stereocenters. The molecule has 0 aliphatic carbocycles. The second-order valence-corrected chi connectivity index (χ2v) is 6.76. The van der Waals surface area contributed by atoms with E-state index in [1.54, 1.807) is 0 Å². The zero-order valence-electron chi connectivity index (χ0n) is 8.65. The van der Waals surface area contributed by atoms with Gasteiger partial charge in [0.15, 0.2) is 0 Å². The average molecular weight is 358 g/mol. The van der Waals surface area contributed by atoms with Crippen LogP contribution in [0.1, 0.15) is 0 Å². The fraction of sp³-hybridized carbons (Fsp3) is 0. The molecule has 0 aliphatic heterocycles. The van der Waals surface area contributed by atoms with Crippen LogP contribution < -0.4 is 5.73 Å².